The maximum absolute atomic E-state index is 13.7. The first kappa shape index (κ1) is 18.9. The van der Waals surface area contributed by atoms with Crippen LogP contribution in [0.15, 0.2) is 29.6 Å². The number of anilines is 1. The summed E-state index contributed by atoms with van der Waals surface area (Å²) in [5, 5.41) is 4.40. The van der Waals surface area contributed by atoms with Gasteiger partial charge in [0.1, 0.15) is 0 Å². The average molecular weight is 383 g/mol. The second kappa shape index (κ2) is 8.20. The van der Waals surface area contributed by atoms with E-state index in [0.29, 0.717) is 13.1 Å². The van der Waals surface area contributed by atoms with E-state index in [9.17, 15) is 18.0 Å². The summed E-state index contributed by atoms with van der Waals surface area (Å²) in [6, 6.07) is 5.45. The minimum Gasteiger partial charge on any atom is -0.322 e. The van der Waals surface area contributed by atoms with Crippen LogP contribution in [-0.2, 0) is 11.3 Å². The molecule has 3 rings (SSSR count). The molecule has 0 saturated carbocycles. The molecule has 1 atom stereocenters. The van der Waals surface area contributed by atoms with Crippen LogP contribution in [0.5, 0.6) is 0 Å². The molecular weight excluding hydrogens is 363 g/mol. The molecule has 0 unspecified atom stereocenters. The predicted molar refractivity (Wildman–Crippen MR) is 95.6 cm³/mol. The zero-order chi connectivity index (χ0) is 18.7. The minimum absolute atomic E-state index is 0.350. The van der Waals surface area contributed by atoms with Crippen molar-refractivity contribution in [2.75, 3.05) is 31.5 Å². The Hall–Kier alpha value is -1.90. The van der Waals surface area contributed by atoms with Crippen LogP contribution in [-0.4, -0.2) is 47.9 Å². The fourth-order valence-corrected chi connectivity index (χ4v) is 3.70. The lowest BCUT2D eigenvalue weighted by Crippen LogP contribution is -2.52. The molecule has 1 saturated heterocycles. The maximum Gasteiger partial charge on any atom is 0.241 e. The number of carbonyl (C=O) groups is 1. The summed E-state index contributed by atoms with van der Waals surface area (Å²) in [6.07, 6.45) is 0. The van der Waals surface area contributed by atoms with Crippen LogP contribution in [0.25, 0.3) is 0 Å². The van der Waals surface area contributed by atoms with Crippen molar-refractivity contribution in [2.45, 2.75) is 19.5 Å². The number of nitrogens with one attached hydrogen (secondary N) is 1. The number of nitrogens with zero attached hydrogens (tertiary/aromatic N) is 2. The molecule has 4 nitrogen and oxygen atoms in total. The number of amides is 1. The van der Waals surface area contributed by atoms with E-state index >= 15 is 0 Å². The first-order chi connectivity index (χ1) is 12.5. The van der Waals surface area contributed by atoms with Crippen molar-refractivity contribution < 1.29 is 18.0 Å². The normalized spacial score (nSPS) is 17.2. The highest BCUT2D eigenvalue weighted by atomic mass is 32.1. The van der Waals surface area contributed by atoms with Gasteiger partial charge in [-0.05, 0) is 30.5 Å². The monoisotopic (exact) mass is 383 g/mol. The first-order valence-corrected chi connectivity index (χ1v) is 9.27. The van der Waals surface area contributed by atoms with Gasteiger partial charge in [0.2, 0.25) is 5.91 Å². The molecule has 1 aliphatic rings. The number of benzene rings is 1. The molecule has 8 heteroatoms. The van der Waals surface area contributed by atoms with Gasteiger partial charge in [0.15, 0.2) is 17.5 Å². The second-order valence-electron chi connectivity index (χ2n) is 6.28. The van der Waals surface area contributed by atoms with Crippen LogP contribution in [0.1, 0.15) is 11.8 Å². The Morgan fingerprint density at radius 2 is 1.88 bits per heavy atom. The molecule has 1 aliphatic heterocycles. The van der Waals surface area contributed by atoms with Crippen LogP contribution < -0.4 is 5.32 Å². The van der Waals surface area contributed by atoms with E-state index < -0.39 is 29.4 Å². The van der Waals surface area contributed by atoms with Gasteiger partial charge in [-0.15, -0.1) is 11.3 Å². The molecule has 0 spiro atoms. The summed E-state index contributed by atoms with van der Waals surface area (Å²) < 4.78 is 40.0. The maximum atomic E-state index is 13.7. The first-order valence-electron chi connectivity index (χ1n) is 8.39. The minimum atomic E-state index is -1.59. The van der Waals surface area contributed by atoms with E-state index in [1.54, 1.807) is 18.3 Å². The van der Waals surface area contributed by atoms with E-state index in [1.807, 2.05) is 11.0 Å². The van der Waals surface area contributed by atoms with E-state index in [4.69, 9.17) is 0 Å². The molecule has 1 aromatic heterocycles. The van der Waals surface area contributed by atoms with Gasteiger partial charge in [-0.25, -0.2) is 13.2 Å². The molecule has 2 aromatic rings. The summed E-state index contributed by atoms with van der Waals surface area (Å²) in [7, 11) is 0. The Morgan fingerprint density at radius 3 is 2.54 bits per heavy atom. The third kappa shape index (κ3) is 4.25. The SMILES string of the molecule is C[C@@H](C(=O)Nc1ccc(F)c(F)c1F)N1CCN(Cc2cccs2)CC1. The summed E-state index contributed by atoms with van der Waals surface area (Å²) >= 11 is 1.72. The van der Waals surface area contributed by atoms with Crippen LogP contribution in [0.2, 0.25) is 0 Å². The second-order valence-corrected chi connectivity index (χ2v) is 7.31. The highest BCUT2D eigenvalue weighted by Gasteiger charge is 2.26. The Balaban J connectivity index is 1.54. The van der Waals surface area contributed by atoms with Crippen LogP contribution in [0.3, 0.4) is 0 Å². The van der Waals surface area contributed by atoms with Crippen LogP contribution in [0, 0.1) is 17.5 Å². The molecule has 140 valence electrons. The summed E-state index contributed by atoms with van der Waals surface area (Å²) in [6.45, 7) is 5.69. The van der Waals surface area contributed by atoms with Gasteiger partial charge in [-0.2, -0.15) is 0 Å². The standard InChI is InChI=1S/C18H20F3N3OS/c1-12(18(25)22-15-5-4-14(19)16(20)17(15)21)24-8-6-23(7-9-24)11-13-3-2-10-26-13/h2-5,10,12H,6-9,11H2,1H3,(H,22,25)/t12-/m0/s1. The van der Waals surface area contributed by atoms with E-state index in [2.05, 4.69) is 21.7 Å². The largest absolute Gasteiger partial charge is 0.322 e. The lowest BCUT2D eigenvalue weighted by Gasteiger charge is -2.37. The Labute approximate surface area is 154 Å². The van der Waals surface area contributed by atoms with Gasteiger partial charge in [0, 0.05) is 37.6 Å². The number of carbonyl (C=O) groups excluding carboxylic acids is 1. The zero-order valence-electron chi connectivity index (χ0n) is 14.3. The number of thiophene rings is 1. The highest BCUT2D eigenvalue weighted by molar-refractivity contribution is 7.09. The van der Waals surface area contributed by atoms with Crippen molar-refractivity contribution in [3.05, 3.63) is 52.0 Å². The van der Waals surface area contributed by atoms with Crippen molar-refractivity contribution in [1.82, 2.24) is 9.80 Å². The lowest BCUT2D eigenvalue weighted by molar-refractivity contribution is -0.121. The number of halogens is 3. The quantitative estimate of drug-likeness (QED) is 0.805. The smallest absolute Gasteiger partial charge is 0.241 e. The fourth-order valence-electron chi connectivity index (χ4n) is 2.96. The lowest BCUT2D eigenvalue weighted by atomic mass is 10.2. The molecule has 0 radical (unpaired) electrons. The molecule has 1 aromatic carbocycles. The summed E-state index contributed by atoms with van der Waals surface area (Å²) in [5.74, 6) is -4.69. The molecule has 0 aliphatic carbocycles. The van der Waals surface area contributed by atoms with Gasteiger partial charge in [0.25, 0.3) is 0 Å². The third-order valence-electron chi connectivity index (χ3n) is 4.59. The van der Waals surface area contributed by atoms with Gasteiger partial charge in [0.05, 0.1) is 11.7 Å². The van der Waals surface area contributed by atoms with Crippen LogP contribution >= 0.6 is 11.3 Å². The molecule has 1 amide bonds. The number of piperazine rings is 1. The van der Waals surface area contributed by atoms with E-state index in [1.165, 1.54) is 4.88 Å². The zero-order valence-corrected chi connectivity index (χ0v) is 15.2. The molecule has 1 N–H and O–H groups in total. The van der Waals surface area contributed by atoms with Crippen molar-refractivity contribution in [3.63, 3.8) is 0 Å². The van der Waals surface area contributed by atoms with Gasteiger partial charge in [-0.3, -0.25) is 14.6 Å². The molecule has 0 bridgehead atoms. The summed E-state index contributed by atoms with van der Waals surface area (Å²) in [4.78, 5) is 18.0. The Bertz CT molecular complexity index is 761. The molecule has 26 heavy (non-hydrogen) atoms. The number of rotatable bonds is 5. The fraction of sp³-hybridized carbons (Fsp3) is 0.389. The average Bonchev–Trinajstić information content (AvgIpc) is 3.15. The van der Waals surface area contributed by atoms with Crippen molar-refractivity contribution >= 4 is 22.9 Å². The number of hydrogen-bond donors (Lipinski definition) is 1. The van der Waals surface area contributed by atoms with E-state index in [0.717, 1.165) is 31.8 Å². The predicted octanol–water partition coefficient (Wildman–Crippen LogP) is 3.31. The molecule has 2 heterocycles. The third-order valence-corrected chi connectivity index (χ3v) is 5.45. The van der Waals surface area contributed by atoms with Gasteiger partial charge >= 0.3 is 0 Å². The Morgan fingerprint density at radius 1 is 1.15 bits per heavy atom. The van der Waals surface area contributed by atoms with Crippen molar-refractivity contribution in [2.24, 2.45) is 0 Å². The highest BCUT2D eigenvalue weighted by Crippen LogP contribution is 2.20. The van der Waals surface area contributed by atoms with Crippen LogP contribution in [0.4, 0.5) is 18.9 Å². The molecular formula is C18H20F3N3OS. The topological polar surface area (TPSA) is 35.6 Å². The van der Waals surface area contributed by atoms with Gasteiger partial charge < -0.3 is 5.32 Å². The van der Waals surface area contributed by atoms with Crippen molar-refractivity contribution in [3.8, 4) is 0 Å². The van der Waals surface area contributed by atoms with E-state index in [-0.39, 0.29) is 5.69 Å². The summed E-state index contributed by atoms with van der Waals surface area (Å²) in [5.41, 5.74) is -0.350. The Kier molecular flexibility index (Phi) is 5.95. The van der Waals surface area contributed by atoms with Crippen molar-refractivity contribution in [1.29, 1.82) is 0 Å². The number of hydrogen-bond acceptors (Lipinski definition) is 4. The molecule has 1 fully saturated rings. The van der Waals surface area contributed by atoms with Gasteiger partial charge in [-0.1, -0.05) is 6.07 Å².